The number of carbonyl (C=O) groups is 2. The van der Waals surface area contributed by atoms with Gasteiger partial charge in [0.05, 0.1) is 6.42 Å². The highest BCUT2D eigenvalue weighted by molar-refractivity contribution is 7.07. The van der Waals surface area contributed by atoms with E-state index in [9.17, 15) is 9.59 Å². The van der Waals surface area contributed by atoms with Gasteiger partial charge in [-0.15, -0.1) is 0 Å². The van der Waals surface area contributed by atoms with Crippen molar-refractivity contribution in [2.24, 2.45) is 0 Å². The van der Waals surface area contributed by atoms with Crippen LogP contribution in [0.2, 0.25) is 0 Å². The first-order valence-electron chi connectivity index (χ1n) is 6.74. The molecule has 0 aliphatic rings. The van der Waals surface area contributed by atoms with Crippen LogP contribution in [0.15, 0.2) is 16.8 Å². The van der Waals surface area contributed by atoms with Crippen LogP contribution in [0.1, 0.15) is 32.8 Å². The molecular formula is C14H22N2O3S. The second kappa shape index (κ2) is 7.89. The van der Waals surface area contributed by atoms with Crippen LogP contribution in [-0.2, 0) is 11.2 Å². The summed E-state index contributed by atoms with van der Waals surface area (Å²) in [7, 11) is 0. The van der Waals surface area contributed by atoms with E-state index >= 15 is 0 Å². The summed E-state index contributed by atoms with van der Waals surface area (Å²) in [4.78, 5) is 24.4. The molecule has 0 saturated heterocycles. The van der Waals surface area contributed by atoms with Crippen molar-refractivity contribution in [3.05, 3.63) is 22.4 Å². The molecule has 0 aliphatic carbocycles. The van der Waals surface area contributed by atoms with Gasteiger partial charge in [-0.3, -0.25) is 4.79 Å². The van der Waals surface area contributed by atoms with Gasteiger partial charge in [0.2, 0.25) is 0 Å². The van der Waals surface area contributed by atoms with Crippen molar-refractivity contribution in [2.45, 2.75) is 45.7 Å². The fourth-order valence-corrected chi connectivity index (χ4v) is 2.81. The molecule has 0 bridgehead atoms. The Morgan fingerprint density at radius 3 is 2.65 bits per heavy atom. The molecule has 2 amide bonds. The number of hydrogen-bond acceptors (Lipinski definition) is 3. The maximum Gasteiger partial charge on any atom is 0.317 e. The van der Waals surface area contributed by atoms with Crippen molar-refractivity contribution in [3.8, 4) is 0 Å². The van der Waals surface area contributed by atoms with E-state index in [-0.39, 0.29) is 24.5 Å². The van der Waals surface area contributed by atoms with Crippen LogP contribution < -0.4 is 5.32 Å². The third kappa shape index (κ3) is 5.21. The van der Waals surface area contributed by atoms with Gasteiger partial charge in [-0.25, -0.2) is 4.79 Å². The zero-order valence-electron chi connectivity index (χ0n) is 12.1. The predicted octanol–water partition coefficient (Wildman–Crippen LogP) is 2.57. The van der Waals surface area contributed by atoms with Crippen molar-refractivity contribution in [3.63, 3.8) is 0 Å². The lowest BCUT2D eigenvalue weighted by Gasteiger charge is -2.28. The Morgan fingerprint density at radius 1 is 1.45 bits per heavy atom. The van der Waals surface area contributed by atoms with Gasteiger partial charge in [0.15, 0.2) is 0 Å². The maximum atomic E-state index is 12.2. The number of carboxylic acids is 1. The largest absolute Gasteiger partial charge is 0.481 e. The first kappa shape index (κ1) is 16.5. The number of carboxylic acid groups (broad SMARTS) is 1. The van der Waals surface area contributed by atoms with Crippen LogP contribution in [0.5, 0.6) is 0 Å². The molecule has 0 saturated carbocycles. The molecule has 20 heavy (non-hydrogen) atoms. The number of nitrogens with one attached hydrogen (secondary N) is 1. The smallest absolute Gasteiger partial charge is 0.317 e. The summed E-state index contributed by atoms with van der Waals surface area (Å²) >= 11 is 1.63. The highest BCUT2D eigenvalue weighted by atomic mass is 32.1. The van der Waals surface area contributed by atoms with E-state index in [0.29, 0.717) is 6.54 Å². The van der Waals surface area contributed by atoms with Crippen LogP contribution in [-0.4, -0.2) is 40.6 Å². The van der Waals surface area contributed by atoms with Crippen molar-refractivity contribution in [1.82, 2.24) is 10.2 Å². The fourth-order valence-electron chi connectivity index (χ4n) is 2.13. The number of amides is 2. The van der Waals surface area contributed by atoms with Gasteiger partial charge in [-0.05, 0) is 49.6 Å². The molecule has 0 spiro atoms. The minimum atomic E-state index is -0.893. The number of nitrogens with zero attached hydrogens (tertiary/aromatic N) is 1. The lowest BCUT2D eigenvalue weighted by Crippen LogP contribution is -2.48. The minimum absolute atomic E-state index is 0.0168. The third-order valence-electron chi connectivity index (χ3n) is 3.10. The van der Waals surface area contributed by atoms with Gasteiger partial charge in [0, 0.05) is 18.6 Å². The summed E-state index contributed by atoms with van der Waals surface area (Å²) in [6.45, 7) is 6.04. The summed E-state index contributed by atoms with van der Waals surface area (Å²) < 4.78 is 0. The highest BCUT2D eigenvalue weighted by Crippen LogP contribution is 2.10. The van der Waals surface area contributed by atoms with Gasteiger partial charge >= 0.3 is 12.0 Å². The second-order valence-corrected chi connectivity index (χ2v) is 5.70. The molecule has 0 radical (unpaired) electrons. The van der Waals surface area contributed by atoms with Crippen LogP contribution in [0.4, 0.5) is 4.79 Å². The average molecular weight is 298 g/mol. The van der Waals surface area contributed by atoms with E-state index in [0.717, 1.165) is 6.42 Å². The summed E-state index contributed by atoms with van der Waals surface area (Å²) in [5.74, 6) is -0.893. The van der Waals surface area contributed by atoms with Crippen LogP contribution in [0.3, 0.4) is 0 Å². The molecule has 1 aromatic rings. The molecule has 0 aliphatic heterocycles. The van der Waals surface area contributed by atoms with Gasteiger partial charge in [-0.1, -0.05) is 0 Å². The number of rotatable bonds is 7. The molecule has 0 fully saturated rings. The number of carbonyl (C=O) groups excluding carboxylic acids is 1. The van der Waals surface area contributed by atoms with Crippen molar-refractivity contribution >= 4 is 23.3 Å². The van der Waals surface area contributed by atoms with Crippen LogP contribution in [0.25, 0.3) is 0 Å². The van der Waals surface area contributed by atoms with E-state index in [1.807, 2.05) is 25.3 Å². The molecule has 6 heteroatoms. The van der Waals surface area contributed by atoms with Crippen molar-refractivity contribution in [2.75, 3.05) is 6.54 Å². The zero-order valence-corrected chi connectivity index (χ0v) is 12.9. The normalized spacial score (nSPS) is 13.6. The SMILES string of the molecule is CCN(C(=O)NC(C)Cc1ccsc1)C(C)CC(=O)O. The molecule has 2 atom stereocenters. The lowest BCUT2D eigenvalue weighted by atomic mass is 10.1. The Hall–Kier alpha value is -1.56. The number of urea groups is 1. The molecule has 0 aromatic carbocycles. The maximum absolute atomic E-state index is 12.2. The van der Waals surface area contributed by atoms with Crippen molar-refractivity contribution < 1.29 is 14.7 Å². The van der Waals surface area contributed by atoms with Gasteiger partial charge < -0.3 is 15.3 Å². The summed E-state index contributed by atoms with van der Waals surface area (Å²) in [6, 6.07) is 1.54. The molecule has 2 N–H and O–H groups in total. The Morgan fingerprint density at radius 2 is 2.15 bits per heavy atom. The molecule has 1 rings (SSSR count). The second-order valence-electron chi connectivity index (χ2n) is 4.92. The third-order valence-corrected chi connectivity index (χ3v) is 3.83. The highest BCUT2D eigenvalue weighted by Gasteiger charge is 2.21. The Kier molecular flexibility index (Phi) is 6.51. The van der Waals surface area contributed by atoms with E-state index in [4.69, 9.17) is 5.11 Å². The quantitative estimate of drug-likeness (QED) is 0.813. The average Bonchev–Trinajstić information content (AvgIpc) is 2.81. The van der Waals surface area contributed by atoms with Gasteiger partial charge in [-0.2, -0.15) is 11.3 Å². The number of aliphatic carboxylic acids is 1. The molecule has 2 unspecified atom stereocenters. The first-order chi connectivity index (χ1) is 9.43. The standard InChI is InChI=1S/C14H22N2O3S/c1-4-16(11(3)8-13(17)18)14(19)15-10(2)7-12-5-6-20-9-12/h5-6,9-11H,4,7-8H2,1-3H3,(H,15,19)(H,17,18). The lowest BCUT2D eigenvalue weighted by molar-refractivity contribution is -0.138. The molecule has 112 valence electrons. The topological polar surface area (TPSA) is 69.6 Å². The van der Waals surface area contributed by atoms with E-state index in [1.165, 1.54) is 5.56 Å². The van der Waals surface area contributed by atoms with E-state index in [2.05, 4.69) is 10.7 Å². The minimum Gasteiger partial charge on any atom is -0.481 e. The Balaban J connectivity index is 2.51. The Labute approximate surface area is 123 Å². The summed E-state index contributed by atoms with van der Waals surface area (Å²) in [5, 5.41) is 15.8. The van der Waals surface area contributed by atoms with E-state index in [1.54, 1.807) is 23.2 Å². The monoisotopic (exact) mass is 298 g/mol. The van der Waals surface area contributed by atoms with Gasteiger partial charge in [0.1, 0.15) is 0 Å². The number of hydrogen-bond donors (Lipinski definition) is 2. The van der Waals surface area contributed by atoms with E-state index < -0.39 is 5.97 Å². The summed E-state index contributed by atoms with van der Waals surface area (Å²) in [6.07, 6.45) is 0.736. The molecular weight excluding hydrogens is 276 g/mol. The van der Waals surface area contributed by atoms with Crippen molar-refractivity contribution in [1.29, 1.82) is 0 Å². The first-order valence-corrected chi connectivity index (χ1v) is 7.68. The number of thiophene rings is 1. The molecule has 5 nitrogen and oxygen atoms in total. The van der Waals surface area contributed by atoms with Crippen LogP contribution >= 0.6 is 11.3 Å². The predicted molar refractivity (Wildman–Crippen MR) is 80.1 cm³/mol. The fraction of sp³-hybridized carbons (Fsp3) is 0.571. The zero-order chi connectivity index (χ0) is 15.1. The summed E-state index contributed by atoms with van der Waals surface area (Å²) in [5.41, 5.74) is 1.20. The Bertz CT molecular complexity index is 434. The van der Waals surface area contributed by atoms with Gasteiger partial charge in [0.25, 0.3) is 0 Å². The molecule has 1 aromatic heterocycles. The van der Waals surface area contributed by atoms with Crippen LogP contribution in [0, 0.1) is 0 Å². The molecule has 1 heterocycles.